The molecule has 1 saturated heterocycles. The lowest BCUT2D eigenvalue weighted by Gasteiger charge is -2.46. The van der Waals surface area contributed by atoms with Crippen LogP contribution in [-0.4, -0.2) is 81.9 Å². The number of ether oxygens (including phenoxy) is 1. The van der Waals surface area contributed by atoms with Gasteiger partial charge in [0.05, 0.1) is 30.4 Å². The summed E-state index contributed by atoms with van der Waals surface area (Å²) in [5.74, 6) is -1.49. The molecule has 0 spiro atoms. The summed E-state index contributed by atoms with van der Waals surface area (Å²) in [5.41, 5.74) is 2.22. The topological polar surface area (TPSA) is 103 Å². The third-order valence-corrected chi connectivity index (χ3v) is 8.78. The number of nitrogens with zero attached hydrogens (tertiary/aromatic N) is 3. The third-order valence-electron chi connectivity index (χ3n) is 6.56. The minimum atomic E-state index is -0.793. The van der Waals surface area contributed by atoms with E-state index in [-0.39, 0.29) is 42.8 Å². The number of likely N-dealkylation sites (N-methyl/N-ethyl adjacent to an activating group) is 1. The van der Waals surface area contributed by atoms with Crippen LogP contribution < -0.4 is 0 Å². The Morgan fingerprint density at radius 2 is 2.27 bits per heavy atom. The van der Waals surface area contributed by atoms with Gasteiger partial charge in [0.1, 0.15) is 12.3 Å². The van der Waals surface area contributed by atoms with E-state index in [0.29, 0.717) is 0 Å². The number of thioether (sulfide) groups is 1. The number of β-lactam (4-membered cyclic amide) rings is 1. The summed E-state index contributed by atoms with van der Waals surface area (Å²) in [5, 5.41) is 21.7. The van der Waals surface area contributed by atoms with E-state index in [4.69, 9.17) is 9.72 Å². The van der Waals surface area contributed by atoms with Crippen LogP contribution in [0.2, 0.25) is 0 Å². The van der Waals surface area contributed by atoms with E-state index in [2.05, 4.69) is 17.6 Å². The van der Waals surface area contributed by atoms with E-state index in [1.165, 1.54) is 34.1 Å². The summed E-state index contributed by atoms with van der Waals surface area (Å²) < 4.78 is 6.05. The summed E-state index contributed by atoms with van der Waals surface area (Å²) >= 11 is 2.87. The van der Waals surface area contributed by atoms with Crippen molar-refractivity contribution in [2.75, 3.05) is 26.8 Å². The Labute approximate surface area is 201 Å². The number of aliphatic hydroxyl groups is 2. The molecular weight excluding hydrogens is 462 g/mol. The van der Waals surface area contributed by atoms with Gasteiger partial charge in [-0.1, -0.05) is 37.4 Å². The monoisotopic (exact) mass is 491 g/mol. The van der Waals surface area contributed by atoms with Crippen LogP contribution in [0.3, 0.4) is 0 Å². The van der Waals surface area contributed by atoms with Gasteiger partial charge >= 0.3 is 5.97 Å². The fourth-order valence-electron chi connectivity index (χ4n) is 4.71. The molecule has 0 saturated carbocycles. The standard InChI is InChI=1S/C23H29N3O5S2/c1-5-8-31-22(30)19-20(12(2)18-17(13(3)28)21(29)26(18)19)33-23-24-16(11-32-23)14-6-7-25(4)15(9-14)10-27/h5-6,11-13,15,17-18,27-28H,1,7-10H2,2-4H3/t12-,13-,15+,17-,18-/m1/s1. The second kappa shape index (κ2) is 9.71. The van der Waals surface area contributed by atoms with Crippen LogP contribution in [0, 0.1) is 11.8 Å². The highest BCUT2D eigenvalue weighted by Gasteiger charge is 2.60. The molecule has 3 aliphatic rings. The van der Waals surface area contributed by atoms with Gasteiger partial charge in [-0.3, -0.25) is 9.69 Å². The average Bonchev–Trinajstić information content (AvgIpc) is 3.34. The minimum Gasteiger partial charge on any atom is -0.457 e. The molecule has 1 amide bonds. The second-order valence-corrected chi connectivity index (χ2v) is 10.8. The van der Waals surface area contributed by atoms with Crippen molar-refractivity contribution in [3.05, 3.63) is 40.4 Å². The molecule has 3 aliphatic heterocycles. The zero-order valence-corrected chi connectivity index (χ0v) is 20.6. The average molecular weight is 492 g/mol. The minimum absolute atomic E-state index is 0.0528. The van der Waals surface area contributed by atoms with Crippen molar-refractivity contribution in [2.24, 2.45) is 11.8 Å². The maximum atomic E-state index is 12.9. The molecule has 0 bridgehead atoms. The number of carbonyl (C=O) groups is 2. The molecule has 0 radical (unpaired) electrons. The fraction of sp³-hybridized carbons (Fsp3) is 0.522. The first-order valence-electron chi connectivity index (χ1n) is 11.0. The predicted octanol–water partition coefficient (Wildman–Crippen LogP) is 2.11. The van der Waals surface area contributed by atoms with Gasteiger partial charge in [-0.2, -0.15) is 0 Å². The molecule has 1 aromatic rings. The molecule has 0 aromatic carbocycles. The number of rotatable bonds is 8. The van der Waals surface area contributed by atoms with Crippen LogP contribution >= 0.6 is 23.1 Å². The van der Waals surface area contributed by atoms with Gasteiger partial charge in [-0.05, 0) is 26.0 Å². The van der Waals surface area contributed by atoms with Crippen LogP contribution in [0.15, 0.2) is 39.1 Å². The second-order valence-electron chi connectivity index (χ2n) is 8.66. The predicted molar refractivity (Wildman–Crippen MR) is 127 cm³/mol. The van der Waals surface area contributed by atoms with Crippen LogP contribution in [0.5, 0.6) is 0 Å². The van der Waals surface area contributed by atoms with Crippen molar-refractivity contribution in [2.45, 2.75) is 42.8 Å². The molecule has 10 heteroatoms. The van der Waals surface area contributed by atoms with E-state index < -0.39 is 18.0 Å². The first-order valence-corrected chi connectivity index (χ1v) is 12.6. The molecule has 0 unspecified atom stereocenters. The molecule has 2 N–H and O–H groups in total. The Morgan fingerprint density at radius 3 is 2.94 bits per heavy atom. The van der Waals surface area contributed by atoms with Gasteiger partial charge < -0.3 is 19.8 Å². The van der Waals surface area contributed by atoms with Crippen molar-refractivity contribution >= 4 is 40.5 Å². The van der Waals surface area contributed by atoms with Gasteiger partial charge in [0.25, 0.3) is 0 Å². The van der Waals surface area contributed by atoms with Gasteiger partial charge in [-0.15, -0.1) is 11.3 Å². The Kier molecular flexibility index (Phi) is 7.11. The molecule has 1 fully saturated rings. The Balaban J connectivity index is 1.60. The van der Waals surface area contributed by atoms with Crippen LogP contribution in [0.4, 0.5) is 0 Å². The molecule has 4 heterocycles. The smallest absolute Gasteiger partial charge is 0.356 e. The zero-order valence-electron chi connectivity index (χ0n) is 18.9. The maximum Gasteiger partial charge on any atom is 0.356 e. The Hall–Kier alpha value is -1.98. The summed E-state index contributed by atoms with van der Waals surface area (Å²) in [4.78, 5) is 34.7. The van der Waals surface area contributed by atoms with Gasteiger partial charge in [-0.25, -0.2) is 9.78 Å². The lowest BCUT2D eigenvalue weighted by Crippen LogP contribution is -2.63. The van der Waals surface area contributed by atoms with E-state index in [9.17, 15) is 19.8 Å². The summed E-state index contributed by atoms with van der Waals surface area (Å²) in [6, 6.07) is -0.203. The fourth-order valence-corrected chi connectivity index (χ4v) is 6.81. The van der Waals surface area contributed by atoms with Crippen molar-refractivity contribution < 1.29 is 24.5 Å². The van der Waals surface area contributed by atoms with Crippen molar-refractivity contribution in [1.82, 2.24) is 14.8 Å². The summed E-state index contributed by atoms with van der Waals surface area (Å²) in [7, 11) is 1.99. The Bertz CT molecular complexity index is 1020. The maximum absolute atomic E-state index is 12.9. The molecule has 178 valence electrons. The number of thiazole rings is 1. The lowest BCUT2D eigenvalue weighted by molar-refractivity contribution is -0.164. The summed E-state index contributed by atoms with van der Waals surface area (Å²) in [6.07, 6.45) is 3.54. The van der Waals surface area contributed by atoms with Crippen LogP contribution in [-0.2, 0) is 14.3 Å². The molecule has 4 rings (SSSR count). The van der Waals surface area contributed by atoms with E-state index in [1.807, 2.05) is 19.4 Å². The number of fused-ring (bicyclic) bond motifs is 1. The number of esters is 1. The quantitative estimate of drug-likeness (QED) is 0.324. The van der Waals surface area contributed by atoms with Gasteiger partial charge in [0.2, 0.25) is 5.91 Å². The molecule has 33 heavy (non-hydrogen) atoms. The van der Waals surface area contributed by atoms with Crippen molar-refractivity contribution in [3.63, 3.8) is 0 Å². The molecular formula is C23H29N3O5S2. The highest BCUT2D eigenvalue weighted by molar-refractivity contribution is 8.04. The summed E-state index contributed by atoms with van der Waals surface area (Å²) in [6.45, 7) is 8.05. The molecule has 8 nitrogen and oxygen atoms in total. The number of aliphatic hydroxyl groups excluding tert-OH is 2. The largest absolute Gasteiger partial charge is 0.457 e. The van der Waals surface area contributed by atoms with E-state index in [1.54, 1.807) is 6.92 Å². The highest BCUT2D eigenvalue weighted by Crippen LogP contribution is 2.52. The number of amides is 1. The van der Waals surface area contributed by atoms with Crippen LogP contribution in [0.25, 0.3) is 5.57 Å². The first-order chi connectivity index (χ1) is 15.8. The number of hydrogen-bond donors (Lipinski definition) is 2. The first kappa shape index (κ1) is 24.2. The third kappa shape index (κ3) is 4.30. The van der Waals surface area contributed by atoms with Gasteiger partial charge in [0.15, 0.2) is 4.34 Å². The van der Waals surface area contributed by atoms with Gasteiger partial charge in [0, 0.05) is 28.8 Å². The number of aromatic nitrogens is 1. The lowest BCUT2D eigenvalue weighted by atomic mass is 9.79. The number of carbonyl (C=O) groups excluding carboxylic acids is 2. The zero-order chi connectivity index (χ0) is 23.9. The SMILES string of the molecule is C=CCOC(=O)C1=C(Sc2nc(C3=CCN(C)[C@H](CO)C3)cs2)[C@H](C)[C@@H]2[C@@H]([C@@H](C)O)C(=O)N12. The van der Waals surface area contributed by atoms with E-state index in [0.717, 1.165) is 33.5 Å². The van der Waals surface area contributed by atoms with Crippen molar-refractivity contribution in [1.29, 1.82) is 0 Å². The molecule has 0 aliphatic carbocycles. The normalized spacial score (nSPS) is 28.3. The molecule has 1 aromatic heterocycles. The number of hydrogen-bond acceptors (Lipinski definition) is 9. The molecule has 5 atom stereocenters. The van der Waals surface area contributed by atoms with E-state index >= 15 is 0 Å². The Morgan fingerprint density at radius 1 is 1.52 bits per heavy atom. The van der Waals surface area contributed by atoms with Crippen LogP contribution in [0.1, 0.15) is 26.0 Å². The van der Waals surface area contributed by atoms with Crippen molar-refractivity contribution in [3.8, 4) is 0 Å². The highest BCUT2D eigenvalue weighted by atomic mass is 32.2.